The number of amides is 2. The second kappa shape index (κ2) is 3.56. The lowest BCUT2D eigenvalue weighted by Gasteiger charge is -2.30. The van der Waals surface area contributed by atoms with Gasteiger partial charge in [-0.2, -0.15) is 0 Å². The van der Waals surface area contributed by atoms with Crippen LogP contribution in [0.1, 0.15) is 13.8 Å². The van der Waals surface area contributed by atoms with E-state index in [1.807, 2.05) is 6.92 Å². The zero-order valence-electron chi connectivity index (χ0n) is 7.46. The molecule has 0 radical (unpaired) electrons. The highest BCUT2D eigenvalue weighted by Crippen LogP contribution is 2.04. The smallest absolute Gasteiger partial charge is 0.317 e. The molecule has 0 saturated carbocycles. The van der Waals surface area contributed by atoms with Gasteiger partial charge in [-0.25, -0.2) is 4.79 Å². The molecule has 0 aromatic heterocycles. The minimum absolute atomic E-state index is 0.0271. The normalized spacial score (nSPS) is 23.7. The summed E-state index contributed by atoms with van der Waals surface area (Å²) >= 11 is 0. The van der Waals surface area contributed by atoms with Gasteiger partial charge in [-0.1, -0.05) is 6.92 Å². The molecule has 0 bridgehead atoms. The topological polar surface area (TPSA) is 49.4 Å². The van der Waals surface area contributed by atoms with E-state index in [0.29, 0.717) is 19.0 Å². The number of ketones is 1. The first kappa shape index (κ1) is 9.03. The number of rotatable bonds is 2. The van der Waals surface area contributed by atoms with Crippen molar-refractivity contribution in [2.45, 2.75) is 13.8 Å². The van der Waals surface area contributed by atoms with Crippen LogP contribution < -0.4 is 5.32 Å². The van der Waals surface area contributed by atoms with Gasteiger partial charge < -0.3 is 10.2 Å². The largest absolute Gasteiger partial charge is 0.338 e. The molecule has 1 fully saturated rings. The Hall–Kier alpha value is -1.06. The molecule has 0 aliphatic carbocycles. The molecular formula is C8H14N2O2. The number of carbonyl (C=O) groups is 2. The maximum absolute atomic E-state index is 11.1. The molecule has 68 valence electrons. The molecule has 4 heteroatoms. The molecule has 1 aliphatic heterocycles. The van der Waals surface area contributed by atoms with Gasteiger partial charge in [0.15, 0.2) is 0 Å². The third-order valence-electron chi connectivity index (χ3n) is 1.83. The molecule has 1 atom stereocenters. The lowest BCUT2D eigenvalue weighted by atomic mass is 10.1. The van der Waals surface area contributed by atoms with Crippen molar-refractivity contribution < 1.29 is 9.59 Å². The maximum Gasteiger partial charge on any atom is 0.317 e. The monoisotopic (exact) mass is 170 g/mol. The van der Waals surface area contributed by atoms with Gasteiger partial charge in [0.25, 0.3) is 0 Å². The predicted octanol–water partition coefficient (Wildman–Crippen LogP) is 0.237. The summed E-state index contributed by atoms with van der Waals surface area (Å²) in [4.78, 5) is 23.4. The van der Waals surface area contributed by atoms with E-state index in [-0.39, 0.29) is 18.4 Å². The van der Waals surface area contributed by atoms with Crippen LogP contribution >= 0.6 is 0 Å². The number of hydrogen-bond donors (Lipinski definition) is 1. The van der Waals surface area contributed by atoms with Crippen LogP contribution in [0.3, 0.4) is 0 Å². The van der Waals surface area contributed by atoms with E-state index in [4.69, 9.17) is 0 Å². The van der Waals surface area contributed by atoms with Crippen LogP contribution in [0.15, 0.2) is 0 Å². The quantitative estimate of drug-likeness (QED) is 0.645. The maximum atomic E-state index is 11.1. The molecule has 1 aliphatic rings. The van der Waals surface area contributed by atoms with E-state index in [9.17, 15) is 9.59 Å². The summed E-state index contributed by atoms with van der Waals surface area (Å²) < 4.78 is 0. The Bertz CT molecular complexity index is 203. The molecule has 12 heavy (non-hydrogen) atoms. The van der Waals surface area contributed by atoms with Gasteiger partial charge in [0.2, 0.25) is 0 Å². The van der Waals surface area contributed by atoms with Crippen molar-refractivity contribution in [2.75, 3.05) is 19.6 Å². The van der Waals surface area contributed by atoms with Gasteiger partial charge in [0.05, 0.1) is 6.54 Å². The van der Waals surface area contributed by atoms with E-state index in [0.717, 1.165) is 0 Å². The zero-order valence-corrected chi connectivity index (χ0v) is 7.46. The summed E-state index contributed by atoms with van der Waals surface area (Å²) in [5.74, 6) is 0.460. The fourth-order valence-corrected chi connectivity index (χ4v) is 1.30. The van der Waals surface area contributed by atoms with Crippen LogP contribution in [0.5, 0.6) is 0 Å². The predicted molar refractivity (Wildman–Crippen MR) is 44.8 cm³/mol. The molecule has 0 spiro atoms. The van der Waals surface area contributed by atoms with Gasteiger partial charge in [-0.15, -0.1) is 0 Å². The van der Waals surface area contributed by atoms with Crippen molar-refractivity contribution >= 4 is 11.8 Å². The van der Waals surface area contributed by atoms with Crippen LogP contribution in [0.2, 0.25) is 0 Å². The third-order valence-corrected chi connectivity index (χ3v) is 1.83. The Balaban J connectivity index is 2.49. The Morgan fingerprint density at radius 1 is 1.75 bits per heavy atom. The first-order chi connectivity index (χ1) is 5.59. The number of hydrogen-bond acceptors (Lipinski definition) is 2. The van der Waals surface area contributed by atoms with E-state index >= 15 is 0 Å². The lowest BCUT2D eigenvalue weighted by molar-refractivity contribution is -0.117. The number of urea groups is 1. The van der Waals surface area contributed by atoms with Gasteiger partial charge in [-0.05, 0) is 12.8 Å². The fourth-order valence-electron chi connectivity index (χ4n) is 1.30. The molecule has 1 N–H and O–H groups in total. The van der Waals surface area contributed by atoms with Crippen molar-refractivity contribution in [3.8, 4) is 0 Å². The van der Waals surface area contributed by atoms with Gasteiger partial charge in [0, 0.05) is 13.1 Å². The van der Waals surface area contributed by atoms with Crippen LogP contribution in [-0.4, -0.2) is 36.3 Å². The lowest BCUT2D eigenvalue weighted by Crippen LogP contribution is -2.51. The number of carbonyl (C=O) groups excluding carboxylic acids is 2. The first-order valence-corrected chi connectivity index (χ1v) is 4.12. The van der Waals surface area contributed by atoms with Crippen molar-refractivity contribution in [3.05, 3.63) is 0 Å². The van der Waals surface area contributed by atoms with Crippen molar-refractivity contribution in [1.29, 1.82) is 0 Å². The Morgan fingerprint density at radius 2 is 2.42 bits per heavy atom. The van der Waals surface area contributed by atoms with Crippen molar-refractivity contribution in [2.24, 2.45) is 5.92 Å². The number of nitrogens with zero attached hydrogens (tertiary/aromatic N) is 1. The minimum Gasteiger partial charge on any atom is -0.338 e. The summed E-state index contributed by atoms with van der Waals surface area (Å²) in [7, 11) is 0. The highest BCUT2D eigenvalue weighted by molar-refractivity contribution is 5.84. The van der Waals surface area contributed by atoms with E-state index in [1.165, 1.54) is 6.92 Å². The number of nitrogens with one attached hydrogen (secondary N) is 1. The van der Waals surface area contributed by atoms with Gasteiger partial charge in [0.1, 0.15) is 5.78 Å². The standard InChI is InChI=1S/C8H14N2O2/c1-6-3-9-8(12)10(4-6)5-7(2)11/h6H,3-5H2,1-2H3,(H,9,12). The molecular weight excluding hydrogens is 156 g/mol. The van der Waals surface area contributed by atoms with E-state index < -0.39 is 0 Å². The van der Waals surface area contributed by atoms with Crippen molar-refractivity contribution in [3.63, 3.8) is 0 Å². The van der Waals surface area contributed by atoms with Gasteiger partial charge in [-0.3, -0.25) is 4.79 Å². The summed E-state index contributed by atoms with van der Waals surface area (Å²) in [5, 5.41) is 2.72. The summed E-state index contributed by atoms with van der Waals surface area (Å²) in [5.41, 5.74) is 0. The molecule has 1 heterocycles. The summed E-state index contributed by atoms with van der Waals surface area (Å²) in [6.45, 7) is 5.17. The average molecular weight is 170 g/mol. The highest BCUT2D eigenvalue weighted by atomic mass is 16.2. The van der Waals surface area contributed by atoms with Crippen LogP contribution in [-0.2, 0) is 4.79 Å². The Labute approximate surface area is 71.9 Å². The van der Waals surface area contributed by atoms with E-state index in [2.05, 4.69) is 5.32 Å². The van der Waals surface area contributed by atoms with Crippen LogP contribution in [0.4, 0.5) is 4.79 Å². The molecule has 1 unspecified atom stereocenters. The Morgan fingerprint density at radius 3 is 3.00 bits per heavy atom. The fraction of sp³-hybridized carbons (Fsp3) is 0.750. The molecule has 0 aromatic carbocycles. The zero-order chi connectivity index (χ0) is 9.14. The summed E-state index contributed by atoms with van der Waals surface area (Å²) in [6.07, 6.45) is 0. The second-order valence-corrected chi connectivity index (χ2v) is 3.37. The first-order valence-electron chi connectivity index (χ1n) is 4.12. The molecule has 2 amide bonds. The minimum atomic E-state index is -0.122. The van der Waals surface area contributed by atoms with Gasteiger partial charge >= 0.3 is 6.03 Å². The Kier molecular flexibility index (Phi) is 2.68. The number of Topliss-reactive ketones (excluding diaryl/α,β-unsaturated/α-hetero) is 1. The molecule has 4 nitrogen and oxygen atoms in total. The third kappa shape index (κ3) is 2.22. The summed E-state index contributed by atoms with van der Waals surface area (Å²) in [6, 6.07) is -0.122. The van der Waals surface area contributed by atoms with Crippen LogP contribution in [0.25, 0.3) is 0 Å². The molecule has 1 saturated heterocycles. The van der Waals surface area contributed by atoms with Crippen LogP contribution in [0, 0.1) is 5.92 Å². The highest BCUT2D eigenvalue weighted by Gasteiger charge is 2.22. The molecule has 1 rings (SSSR count). The average Bonchev–Trinajstić information content (AvgIpc) is 1.96. The van der Waals surface area contributed by atoms with Crippen molar-refractivity contribution in [1.82, 2.24) is 10.2 Å². The SMILES string of the molecule is CC(=O)CN1CC(C)CNC1=O. The second-order valence-electron chi connectivity index (χ2n) is 3.37. The van der Waals surface area contributed by atoms with E-state index in [1.54, 1.807) is 4.90 Å². The molecule has 0 aromatic rings.